The van der Waals surface area contributed by atoms with Gasteiger partial charge in [0.2, 0.25) is 0 Å². The lowest BCUT2D eigenvalue weighted by Gasteiger charge is -2.14. The van der Waals surface area contributed by atoms with Crippen LogP contribution in [0.5, 0.6) is 0 Å². The predicted molar refractivity (Wildman–Crippen MR) is 89.9 cm³/mol. The molecule has 6 heteroatoms. The number of benzene rings is 1. The number of hydrogen-bond donors (Lipinski definition) is 1. The molecule has 3 atom stereocenters. The van der Waals surface area contributed by atoms with Crippen LogP contribution in [-0.4, -0.2) is 38.5 Å². The third-order valence-electron chi connectivity index (χ3n) is 4.79. The van der Waals surface area contributed by atoms with Crippen molar-refractivity contribution in [3.63, 3.8) is 0 Å². The maximum Gasteiger partial charge on any atom is 0.315 e. The molecule has 1 fully saturated rings. The van der Waals surface area contributed by atoms with E-state index in [9.17, 15) is 13.2 Å². The van der Waals surface area contributed by atoms with Crippen LogP contribution in [0.15, 0.2) is 24.3 Å². The van der Waals surface area contributed by atoms with E-state index in [-0.39, 0.29) is 18.9 Å². The average molecular weight is 339 g/mol. The first kappa shape index (κ1) is 17.9. The number of esters is 1. The van der Waals surface area contributed by atoms with Crippen LogP contribution in [0.25, 0.3) is 0 Å². The third kappa shape index (κ3) is 2.90. The van der Waals surface area contributed by atoms with Gasteiger partial charge in [-0.05, 0) is 24.5 Å². The minimum Gasteiger partial charge on any atom is -0.465 e. The highest BCUT2D eigenvalue weighted by molar-refractivity contribution is 7.92. The molecule has 23 heavy (non-hydrogen) atoms. The summed E-state index contributed by atoms with van der Waals surface area (Å²) < 4.78 is 30.1. The lowest BCUT2D eigenvalue weighted by molar-refractivity contribution is -0.149. The number of sulfone groups is 1. The number of ether oxygens (including phenoxy) is 1. The summed E-state index contributed by atoms with van der Waals surface area (Å²) in [5.41, 5.74) is 6.71. The Morgan fingerprint density at radius 1 is 1.22 bits per heavy atom. The third-order valence-corrected chi connectivity index (χ3v) is 7.06. The Bertz CT molecular complexity index is 668. The summed E-state index contributed by atoms with van der Waals surface area (Å²) >= 11 is 0. The van der Waals surface area contributed by atoms with Crippen LogP contribution in [0.1, 0.15) is 37.8 Å². The molecule has 1 saturated carbocycles. The Hall–Kier alpha value is -1.40. The van der Waals surface area contributed by atoms with Gasteiger partial charge < -0.3 is 10.5 Å². The van der Waals surface area contributed by atoms with Crippen LogP contribution >= 0.6 is 0 Å². The fourth-order valence-electron chi connectivity index (χ4n) is 3.38. The molecule has 128 valence electrons. The first-order valence-electron chi connectivity index (χ1n) is 8.06. The van der Waals surface area contributed by atoms with Gasteiger partial charge in [-0.2, -0.15) is 0 Å². The van der Waals surface area contributed by atoms with Gasteiger partial charge in [-0.25, -0.2) is 8.42 Å². The summed E-state index contributed by atoms with van der Waals surface area (Å²) in [6.45, 7) is 5.53. The normalized spacial score (nSPS) is 26.8. The Balaban J connectivity index is 2.47. The van der Waals surface area contributed by atoms with Crippen molar-refractivity contribution in [3.8, 4) is 0 Å². The molecule has 0 bridgehead atoms. The molecule has 2 N–H and O–H groups in total. The zero-order chi connectivity index (χ0) is 17.3. The zero-order valence-corrected chi connectivity index (χ0v) is 14.7. The van der Waals surface area contributed by atoms with Crippen LogP contribution in [0.2, 0.25) is 0 Å². The van der Waals surface area contributed by atoms with E-state index in [0.717, 1.165) is 12.0 Å². The second kappa shape index (κ2) is 6.61. The summed E-state index contributed by atoms with van der Waals surface area (Å²) in [6.07, 6.45) is 0.904. The molecule has 1 aliphatic carbocycles. The van der Waals surface area contributed by atoms with Crippen LogP contribution < -0.4 is 5.73 Å². The van der Waals surface area contributed by atoms with Gasteiger partial charge in [0.15, 0.2) is 9.84 Å². The molecule has 1 aromatic carbocycles. The Labute approximate surface area is 138 Å². The van der Waals surface area contributed by atoms with Gasteiger partial charge in [0.05, 0.1) is 11.9 Å². The molecule has 2 rings (SSSR count). The van der Waals surface area contributed by atoms with Crippen LogP contribution in [0, 0.1) is 5.41 Å². The highest BCUT2D eigenvalue weighted by Gasteiger charge is 2.74. The first-order valence-corrected chi connectivity index (χ1v) is 9.78. The maximum atomic E-state index is 12.5. The monoisotopic (exact) mass is 339 g/mol. The predicted octanol–water partition coefficient (Wildman–Crippen LogP) is 1.66. The summed E-state index contributed by atoms with van der Waals surface area (Å²) in [5, 5.41) is -0.795. The molecule has 0 amide bonds. The molecule has 0 aliphatic heterocycles. The topological polar surface area (TPSA) is 86.5 Å². The van der Waals surface area contributed by atoms with Crippen LogP contribution in [-0.2, 0) is 25.8 Å². The molecule has 0 heterocycles. The number of carbonyl (C=O) groups excluding carboxylic acids is 1. The number of aryl methyl sites for hydroxylation is 1. The first-order chi connectivity index (χ1) is 10.9. The quantitative estimate of drug-likeness (QED) is 0.764. The van der Waals surface area contributed by atoms with Crippen molar-refractivity contribution < 1.29 is 17.9 Å². The fraction of sp³-hybridized carbons (Fsp3) is 0.588. The van der Waals surface area contributed by atoms with E-state index < -0.39 is 32.4 Å². The second-order valence-electron chi connectivity index (χ2n) is 5.91. The highest BCUT2D eigenvalue weighted by Crippen LogP contribution is 2.63. The largest absolute Gasteiger partial charge is 0.465 e. The standard InChI is InChI=1S/C17H25NO4S/c1-4-12-7-9-13(10-8-12)14-15(23(20,21)6-3)17(14,11-18)16(19)22-5-2/h7-10,14-15H,4-6,11,18H2,1-3H3/t14-,15-,17+/m0/s1. The molecular weight excluding hydrogens is 314 g/mol. The van der Waals surface area contributed by atoms with Crippen molar-refractivity contribution in [2.75, 3.05) is 18.9 Å². The van der Waals surface area contributed by atoms with Crippen molar-refractivity contribution in [1.82, 2.24) is 0 Å². The molecule has 1 aliphatic rings. The summed E-state index contributed by atoms with van der Waals surface area (Å²) in [4.78, 5) is 12.5. The van der Waals surface area contributed by atoms with Crippen molar-refractivity contribution >= 4 is 15.8 Å². The molecule has 0 aromatic heterocycles. The van der Waals surface area contributed by atoms with Crippen molar-refractivity contribution in [2.45, 2.75) is 38.4 Å². The Morgan fingerprint density at radius 3 is 2.26 bits per heavy atom. The Morgan fingerprint density at radius 2 is 1.83 bits per heavy atom. The molecule has 0 unspecified atom stereocenters. The molecular formula is C17H25NO4S. The lowest BCUT2D eigenvalue weighted by atomic mass is 9.98. The van der Waals surface area contributed by atoms with Gasteiger partial charge in [0.25, 0.3) is 0 Å². The Kier molecular flexibility index (Phi) is 5.16. The smallest absolute Gasteiger partial charge is 0.315 e. The summed E-state index contributed by atoms with van der Waals surface area (Å²) in [7, 11) is -3.40. The summed E-state index contributed by atoms with van der Waals surface area (Å²) in [6, 6.07) is 7.74. The zero-order valence-electron chi connectivity index (χ0n) is 13.9. The van der Waals surface area contributed by atoms with Crippen molar-refractivity contribution in [2.24, 2.45) is 11.1 Å². The minimum atomic E-state index is -3.40. The SMILES string of the molecule is CCOC(=O)[C@]1(CN)[C@@H](c2ccc(CC)cc2)[C@@H]1S(=O)(=O)CC. The van der Waals surface area contributed by atoms with E-state index in [1.807, 2.05) is 24.3 Å². The number of rotatable bonds is 7. The van der Waals surface area contributed by atoms with Crippen molar-refractivity contribution in [1.29, 1.82) is 0 Å². The van der Waals surface area contributed by atoms with E-state index >= 15 is 0 Å². The highest BCUT2D eigenvalue weighted by atomic mass is 32.2. The van der Waals surface area contributed by atoms with E-state index in [1.165, 1.54) is 5.56 Å². The molecule has 0 radical (unpaired) electrons. The van der Waals surface area contributed by atoms with Gasteiger partial charge >= 0.3 is 5.97 Å². The van der Waals surface area contributed by atoms with Crippen LogP contribution in [0.3, 0.4) is 0 Å². The average Bonchev–Trinajstić information content (AvgIpc) is 3.26. The molecule has 0 spiro atoms. The van der Waals surface area contributed by atoms with Gasteiger partial charge in [-0.15, -0.1) is 0 Å². The number of nitrogens with two attached hydrogens (primary N) is 1. The van der Waals surface area contributed by atoms with E-state index in [1.54, 1.807) is 13.8 Å². The molecule has 0 saturated heterocycles. The van der Waals surface area contributed by atoms with E-state index in [0.29, 0.717) is 0 Å². The lowest BCUT2D eigenvalue weighted by Crippen LogP contribution is -2.34. The van der Waals surface area contributed by atoms with Gasteiger partial charge in [0, 0.05) is 18.2 Å². The number of hydrogen-bond acceptors (Lipinski definition) is 5. The summed E-state index contributed by atoms with van der Waals surface area (Å²) in [5.74, 6) is -0.945. The van der Waals surface area contributed by atoms with Gasteiger partial charge in [-0.1, -0.05) is 38.1 Å². The maximum absolute atomic E-state index is 12.5. The van der Waals surface area contributed by atoms with Gasteiger partial charge in [0.1, 0.15) is 5.41 Å². The molecule has 1 aromatic rings. The number of carbonyl (C=O) groups is 1. The second-order valence-corrected chi connectivity index (χ2v) is 8.32. The van der Waals surface area contributed by atoms with Crippen LogP contribution in [0.4, 0.5) is 0 Å². The van der Waals surface area contributed by atoms with Gasteiger partial charge in [-0.3, -0.25) is 4.79 Å². The van der Waals surface area contributed by atoms with Crippen molar-refractivity contribution in [3.05, 3.63) is 35.4 Å². The minimum absolute atomic E-state index is 0.0115. The molecule has 5 nitrogen and oxygen atoms in total. The van der Waals surface area contributed by atoms with E-state index in [2.05, 4.69) is 6.92 Å². The fourth-order valence-corrected chi connectivity index (χ4v) is 5.46. The van der Waals surface area contributed by atoms with E-state index in [4.69, 9.17) is 10.5 Å².